The molecule has 3 aromatic carbocycles. The van der Waals surface area contributed by atoms with Crippen LogP contribution in [0, 0.1) is 0 Å². The van der Waals surface area contributed by atoms with Gasteiger partial charge in [-0.15, -0.1) is 0 Å². The van der Waals surface area contributed by atoms with Gasteiger partial charge in [-0.3, -0.25) is 14.5 Å². The third-order valence-corrected chi connectivity index (χ3v) is 7.44. The first-order valence-electron chi connectivity index (χ1n) is 9.67. The van der Waals surface area contributed by atoms with Crippen molar-refractivity contribution < 1.29 is 14.3 Å². The number of carbonyl (C=O) groups excluding carboxylic acids is 2. The van der Waals surface area contributed by atoms with Gasteiger partial charge in [-0.05, 0) is 85.1 Å². The molecule has 0 atom stereocenters. The Balaban J connectivity index is 1.50. The lowest BCUT2D eigenvalue weighted by atomic mass is 10.2. The molecule has 0 spiro atoms. The Morgan fingerprint density at radius 1 is 0.970 bits per heavy atom. The van der Waals surface area contributed by atoms with Crippen molar-refractivity contribution in [1.82, 2.24) is 4.90 Å². The molecule has 168 valence electrons. The number of benzene rings is 3. The minimum absolute atomic E-state index is 0.246. The van der Waals surface area contributed by atoms with Crippen molar-refractivity contribution in [3.8, 4) is 5.75 Å². The van der Waals surface area contributed by atoms with Crippen LogP contribution in [0.3, 0.4) is 0 Å². The fourth-order valence-corrected chi connectivity index (χ4v) is 5.90. The summed E-state index contributed by atoms with van der Waals surface area (Å²) in [4.78, 5) is 26.9. The first-order valence-corrected chi connectivity index (χ1v) is 12.8. The summed E-state index contributed by atoms with van der Waals surface area (Å²) in [6, 6.07) is 18.3. The smallest absolute Gasteiger partial charge is 0.293 e. The number of nitrogens with zero attached hydrogens (tertiary/aromatic N) is 1. The van der Waals surface area contributed by atoms with E-state index in [1.165, 1.54) is 4.90 Å². The lowest BCUT2D eigenvalue weighted by molar-refractivity contribution is -0.123. The second-order valence-electron chi connectivity index (χ2n) is 7.09. The van der Waals surface area contributed by atoms with Gasteiger partial charge in [-0.25, -0.2) is 0 Å². The number of ether oxygens (including phenoxy) is 1. The van der Waals surface area contributed by atoms with Gasteiger partial charge in [0.15, 0.2) is 0 Å². The van der Waals surface area contributed by atoms with E-state index < -0.39 is 0 Å². The topological polar surface area (TPSA) is 46.6 Å². The molecule has 0 N–H and O–H groups in total. The summed E-state index contributed by atoms with van der Waals surface area (Å²) in [5.41, 5.74) is 2.45. The Labute approximate surface area is 222 Å². The highest BCUT2D eigenvalue weighted by Gasteiger charge is 2.35. The monoisotopic (exact) mass is 625 g/mol. The van der Waals surface area contributed by atoms with E-state index in [0.717, 1.165) is 28.5 Å². The highest BCUT2D eigenvalue weighted by Crippen LogP contribution is 2.38. The van der Waals surface area contributed by atoms with Crippen LogP contribution in [0.25, 0.3) is 6.08 Å². The summed E-state index contributed by atoms with van der Waals surface area (Å²) < 4.78 is 7.33. The van der Waals surface area contributed by atoms with E-state index in [2.05, 4.69) is 31.9 Å². The number of thioether (sulfide) groups is 1. The molecule has 0 aromatic heterocycles. The zero-order valence-electron chi connectivity index (χ0n) is 16.9. The first kappa shape index (κ1) is 24.4. The van der Waals surface area contributed by atoms with Crippen LogP contribution in [0.5, 0.6) is 5.75 Å². The molecule has 4 nitrogen and oxygen atoms in total. The van der Waals surface area contributed by atoms with E-state index in [9.17, 15) is 9.59 Å². The van der Waals surface area contributed by atoms with E-state index in [0.29, 0.717) is 29.6 Å². The van der Waals surface area contributed by atoms with Gasteiger partial charge in [0.05, 0.1) is 20.4 Å². The lowest BCUT2D eigenvalue weighted by Gasteiger charge is -2.13. The van der Waals surface area contributed by atoms with Crippen molar-refractivity contribution in [2.45, 2.75) is 13.2 Å². The minimum Gasteiger partial charge on any atom is -0.486 e. The van der Waals surface area contributed by atoms with Crippen molar-refractivity contribution in [3.63, 3.8) is 0 Å². The summed E-state index contributed by atoms with van der Waals surface area (Å²) in [5, 5.41) is 0.800. The molecule has 0 aliphatic carbocycles. The first-order chi connectivity index (χ1) is 15.8. The zero-order chi connectivity index (χ0) is 23.5. The third kappa shape index (κ3) is 5.84. The van der Waals surface area contributed by atoms with Crippen LogP contribution in [0.2, 0.25) is 10.0 Å². The molecule has 1 fully saturated rings. The molecule has 0 saturated carbocycles. The Bertz CT molecular complexity index is 1240. The third-order valence-electron chi connectivity index (χ3n) is 4.76. The van der Waals surface area contributed by atoms with Crippen LogP contribution < -0.4 is 4.74 Å². The maximum absolute atomic E-state index is 12.8. The molecule has 1 heterocycles. The van der Waals surface area contributed by atoms with E-state index >= 15 is 0 Å². The second kappa shape index (κ2) is 10.7. The van der Waals surface area contributed by atoms with Gasteiger partial charge in [-0.2, -0.15) is 0 Å². The number of hydrogen-bond donors (Lipinski definition) is 0. The molecule has 33 heavy (non-hydrogen) atoms. The number of halogens is 4. The Morgan fingerprint density at radius 3 is 2.33 bits per heavy atom. The summed E-state index contributed by atoms with van der Waals surface area (Å²) in [6.45, 7) is 0.501. The number of carbonyl (C=O) groups is 2. The van der Waals surface area contributed by atoms with Gasteiger partial charge >= 0.3 is 0 Å². The molecule has 9 heteroatoms. The summed E-state index contributed by atoms with van der Waals surface area (Å²) in [7, 11) is 0. The van der Waals surface area contributed by atoms with Gasteiger partial charge < -0.3 is 4.74 Å². The van der Waals surface area contributed by atoms with Gasteiger partial charge in [0.2, 0.25) is 0 Å². The largest absolute Gasteiger partial charge is 0.486 e. The van der Waals surface area contributed by atoms with Crippen LogP contribution >= 0.6 is 66.8 Å². The number of imide groups is 1. The van der Waals surface area contributed by atoms with Crippen molar-refractivity contribution in [2.24, 2.45) is 0 Å². The van der Waals surface area contributed by atoms with E-state index in [4.69, 9.17) is 27.9 Å². The number of rotatable bonds is 6. The van der Waals surface area contributed by atoms with Crippen LogP contribution in [-0.2, 0) is 17.9 Å². The zero-order valence-corrected chi connectivity index (χ0v) is 22.4. The summed E-state index contributed by atoms with van der Waals surface area (Å²) in [6.07, 6.45) is 1.70. The predicted molar refractivity (Wildman–Crippen MR) is 141 cm³/mol. The quantitative estimate of drug-likeness (QED) is 0.258. The predicted octanol–water partition coefficient (Wildman–Crippen LogP) is 8.33. The van der Waals surface area contributed by atoms with Crippen molar-refractivity contribution in [2.75, 3.05) is 0 Å². The van der Waals surface area contributed by atoms with E-state index in [-0.39, 0.29) is 24.3 Å². The molecule has 1 saturated heterocycles. The van der Waals surface area contributed by atoms with Crippen LogP contribution in [0.1, 0.15) is 16.7 Å². The molecule has 0 unspecified atom stereocenters. The fraction of sp³-hybridized carbons (Fsp3) is 0.0833. The fourth-order valence-electron chi connectivity index (χ4n) is 3.14. The standard InChI is InChI=1S/C24H15Br2Cl2NO3S/c25-18-8-15(9-19(26)22(18)32-13-16-6-7-17(27)11-20(16)28)10-21-23(30)29(24(31)33-21)12-14-4-2-1-3-5-14/h1-11H,12-13H2/b21-10-. The second-order valence-corrected chi connectivity index (χ2v) is 10.6. The van der Waals surface area contributed by atoms with Gasteiger partial charge in [0.1, 0.15) is 12.4 Å². The molecule has 4 rings (SSSR count). The summed E-state index contributed by atoms with van der Waals surface area (Å²) >= 11 is 20.2. The van der Waals surface area contributed by atoms with Crippen molar-refractivity contribution in [3.05, 3.63) is 101 Å². The Hall–Kier alpha value is -1.77. The van der Waals surface area contributed by atoms with Crippen molar-refractivity contribution >= 4 is 84.0 Å². The molecule has 1 aliphatic heterocycles. The van der Waals surface area contributed by atoms with Gasteiger partial charge in [-0.1, -0.05) is 59.6 Å². The molecule has 2 amide bonds. The molecule has 0 bridgehead atoms. The van der Waals surface area contributed by atoms with Crippen molar-refractivity contribution in [1.29, 1.82) is 0 Å². The maximum Gasteiger partial charge on any atom is 0.293 e. The molecule has 0 radical (unpaired) electrons. The SMILES string of the molecule is O=C1S/C(=C\c2cc(Br)c(OCc3ccc(Cl)cc3Cl)c(Br)c2)C(=O)N1Cc1ccccc1. The average molecular weight is 628 g/mol. The van der Waals surface area contributed by atoms with Crippen LogP contribution in [-0.4, -0.2) is 16.0 Å². The van der Waals surface area contributed by atoms with Gasteiger partial charge in [0, 0.05) is 15.6 Å². The number of hydrogen-bond acceptors (Lipinski definition) is 4. The van der Waals surface area contributed by atoms with Gasteiger partial charge in [0.25, 0.3) is 11.1 Å². The summed E-state index contributed by atoms with van der Waals surface area (Å²) in [5.74, 6) is 0.286. The number of amides is 2. The highest BCUT2D eigenvalue weighted by atomic mass is 79.9. The van der Waals surface area contributed by atoms with Crippen LogP contribution in [0.4, 0.5) is 4.79 Å². The molecule has 3 aromatic rings. The Kier molecular flexibility index (Phi) is 7.87. The minimum atomic E-state index is -0.307. The average Bonchev–Trinajstić information content (AvgIpc) is 3.02. The van der Waals surface area contributed by atoms with E-state index in [1.54, 1.807) is 18.2 Å². The highest BCUT2D eigenvalue weighted by molar-refractivity contribution is 9.11. The maximum atomic E-state index is 12.8. The molecular weight excluding hydrogens is 613 g/mol. The lowest BCUT2D eigenvalue weighted by Crippen LogP contribution is -2.27. The van der Waals surface area contributed by atoms with Crippen LogP contribution in [0.15, 0.2) is 74.5 Å². The molecular formula is C24H15Br2Cl2NO3S. The Morgan fingerprint density at radius 2 is 1.67 bits per heavy atom. The molecule has 1 aliphatic rings. The van der Waals surface area contributed by atoms with E-state index in [1.807, 2.05) is 48.5 Å². The normalized spacial score (nSPS) is 14.9.